The molecule has 0 aliphatic rings. The quantitative estimate of drug-likeness (QED) is 0.695. The van der Waals surface area contributed by atoms with Crippen molar-refractivity contribution in [3.05, 3.63) is 29.3 Å². The lowest BCUT2D eigenvalue weighted by atomic mass is 9.85. The third-order valence-electron chi connectivity index (χ3n) is 3.93. The molecule has 1 aromatic rings. The van der Waals surface area contributed by atoms with Crippen LogP contribution in [0.5, 0.6) is 5.75 Å². The Morgan fingerprint density at radius 3 is 2.25 bits per heavy atom. The molecule has 0 aliphatic heterocycles. The number of hydrogen-bond donors (Lipinski definition) is 1. The summed E-state index contributed by atoms with van der Waals surface area (Å²) < 4.78 is 5.59. The lowest BCUT2D eigenvalue weighted by Crippen LogP contribution is -2.29. The van der Waals surface area contributed by atoms with Crippen molar-refractivity contribution in [1.82, 2.24) is 5.32 Å². The van der Waals surface area contributed by atoms with Gasteiger partial charge in [-0.2, -0.15) is 0 Å². The van der Waals surface area contributed by atoms with Crippen LogP contribution >= 0.6 is 0 Å². The number of benzene rings is 1. The van der Waals surface area contributed by atoms with Gasteiger partial charge in [0, 0.05) is 11.6 Å². The minimum atomic E-state index is 0.398. The van der Waals surface area contributed by atoms with E-state index < -0.39 is 0 Å². The molecule has 2 nitrogen and oxygen atoms in total. The van der Waals surface area contributed by atoms with Crippen molar-refractivity contribution in [3.63, 3.8) is 0 Å². The lowest BCUT2D eigenvalue weighted by Gasteiger charge is -2.29. The highest BCUT2D eigenvalue weighted by Crippen LogP contribution is 2.35. The topological polar surface area (TPSA) is 21.3 Å². The molecule has 0 amide bonds. The number of nitrogens with one attached hydrogen (secondary N) is 1. The van der Waals surface area contributed by atoms with E-state index in [4.69, 9.17) is 4.74 Å². The normalized spacial score (nSPS) is 12.7. The maximum atomic E-state index is 5.59. The molecule has 0 saturated carbocycles. The molecule has 1 aromatic carbocycles. The SMILES string of the molecule is CCCC(CCC)C(NCC)c1cc(C)ccc1OC. The Morgan fingerprint density at radius 1 is 1.10 bits per heavy atom. The first-order chi connectivity index (χ1) is 9.67. The Bertz CT molecular complexity index is 383. The van der Waals surface area contributed by atoms with Crippen molar-refractivity contribution in [2.75, 3.05) is 13.7 Å². The van der Waals surface area contributed by atoms with Gasteiger partial charge >= 0.3 is 0 Å². The standard InChI is InChI=1S/C18H31NO/c1-6-9-15(10-7-2)18(19-8-3)16-13-14(4)11-12-17(16)20-5/h11-13,15,18-19H,6-10H2,1-5H3. The van der Waals surface area contributed by atoms with E-state index >= 15 is 0 Å². The molecular weight excluding hydrogens is 246 g/mol. The zero-order valence-corrected chi connectivity index (χ0v) is 13.8. The van der Waals surface area contributed by atoms with Crippen LogP contribution in [0.15, 0.2) is 18.2 Å². The summed E-state index contributed by atoms with van der Waals surface area (Å²) in [4.78, 5) is 0. The largest absolute Gasteiger partial charge is 0.496 e. The second-order valence-corrected chi connectivity index (χ2v) is 5.62. The molecule has 1 unspecified atom stereocenters. The first kappa shape index (κ1) is 17.0. The van der Waals surface area contributed by atoms with Crippen molar-refractivity contribution < 1.29 is 4.74 Å². The van der Waals surface area contributed by atoms with E-state index in [1.54, 1.807) is 7.11 Å². The summed E-state index contributed by atoms with van der Waals surface area (Å²) in [6, 6.07) is 6.91. The second kappa shape index (κ2) is 9.02. The van der Waals surface area contributed by atoms with Crippen LogP contribution in [0.2, 0.25) is 0 Å². The van der Waals surface area contributed by atoms with Gasteiger partial charge in [-0.1, -0.05) is 51.3 Å². The molecule has 0 radical (unpaired) electrons. The van der Waals surface area contributed by atoms with E-state index in [-0.39, 0.29) is 0 Å². The van der Waals surface area contributed by atoms with E-state index in [1.807, 2.05) is 0 Å². The molecule has 114 valence electrons. The summed E-state index contributed by atoms with van der Waals surface area (Å²) in [7, 11) is 1.77. The average Bonchev–Trinajstić information content (AvgIpc) is 2.44. The van der Waals surface area contributed by atoms with E-state index in [0.717, 1.165) is 12.3 Å². The number of ether oxygens (including phenoxy) is 1. The summed E-state index contributed by atoms with van der Waals surface area (Å²) in [6.07, 6.45) is 5.01. The van der Waals surface area contributed by atoms with E-state index in [2.05, 4.69) is 51.2 Å². The van der Waals surface area contributed by atoms with E-state index in [1.165, 1.54) is 36.8 Å². The number of methoxy groups -OCH3 is 1. The molecule has 0 spiro atoms. The fourth-order valence-corrected chi connectivity index (χ4v) is 3.07. The zero-order chi connectivity index (χ0) is 15.0. The number of rotatable bonds is 9. The highest BCUT2D eigenvalue weighted by molar-refractivity contribution is 5.39. The lowest BCUT2D eigenvalue weighted by molar-refractivity contribution is 0.308. The summed E-state index contributed by atoms with van der Waals surface area (Å²) in [5.41, 5.74) is 2.62. The van der Waals surface area contributed by atoms with Crippen LogP contribution in [0, 0.1) is 12.8 Å². The smallest absolute Gasteiger partial charge is 0.123 e. The highest BCUT2D eigenvalue weighted by atomic mass is 16.5. The second-order valence-electron chi connectivity index (χ2n) is 5.62. The molecule has 1 N–H and O–H groups in total. The fourth-order valence-electron chi connectivity index (χ4n) is 3.07. The Kier molecular flexibility index (Phi) is 7.68. The Morgan fingerprint density at radius 2 is 1.75 bits per heavy atom. The van der Waals surface area contributed by atoms with Gasteiger partial charge in [-0.3, -0.25) is 0 Å². The first-order valence-electron chi connectivity index (χ1n) is 8.05. The molecule has 20 heavy (non-hydrogen) atoms. The van der Waals surface area contributed by atoms with Gasteiger partial charge in [-0.15, -0.1) is 0 Å². The highest BCUT2D eigenvalue weighted by Gasteiger charge is 2.24. The van der Waals surface area contributed by atoms with Gasteiger partial charge in [0.25, 0.3) is 0 Å². The van der Waals surface area contributed by atoms with Gasteiger partial charge in [0.2, 0.25) is 0 Å². The maximum absolute atomic E-state index is 5.59. The molecule has 0 fully saturated rings. The number of aryl methyl sites for hydroxylation is 1. The third-order valence-corrected chi connectivity index (χ3v) is 3.93. The fraction of sp³-hybridized carbons (Fsp3) is 0.667. The van der Waals surface area contributed by atoms with Gasteiger partial charge in [-0.25, -0.2) is 0 Å². The first-order valence-corrected chi connectivity index (χ1v) is 8.05. The minimum absolute atomic E-state index is 0.398. The van der Waals surface area contributed by atoms with E-state index in [9.17, 15) is 0 Å². The van der Waals surface area contributed by atoms with Crippen molar-refractivity contribution in [2.45, 2.75) is 59.4 Å². The third kappa shape index (κ3) is 4.52. The van der Waals surface area contributed by atoms with Crippen LogP contribution in [-0.2, 0) is 0 Å². The maximum Gasteiger partial charge on any atom is 0.123 e. The predicted octanol–water partition coefficient (Wildman–Crippen LogP) is 4.87. The molecule has 0 aliphatic carbocycles. The van der Waals surface area contributed by atoms with Crippen LogP contribution in [0.4, 0.5) is 0 Å². The molecule has 2 heteroatoms. The van der Waals surface area contributed by atoms with Crippen LogP contribution in [0.25, 0.3) is 0 Å². The summed E-state index contributed by atoms with van der Waals surface area (Å²) in [5.74, 6) is 1.69. The van der Waals surface area contributed by atoms with Gasteiger partial charge < -0.3 is 10.1 Å². The van der Waals surface area contributed by atoms with Crippen molar-refractivity contribution in [1.29, 1.82) is 0 Å². The van der Waals surface area contributed by atoms with E-state index in [0.29, 0.717) is 12.0 Å². The van der Waals surface area contributed by atoms with Gasteiger partial charge in [-0.05, 0) is 38.3 Å². The molecule has 0 saturated heterocycles. The molecule has 0 bridgehead atoms. The summed E-state index contributed by atoms with van der Waals surface area (Å²) >= 11 is 0. The van der Waals surface area contributed by atoms with Crippen molar-refractivity contribution in [2.24, 2.45) is 5.92 Å². The Hall–Kier alpha value is -1.02. The number of hydrogen-bond acceptors (Lipinski definition) is 2. The Balaban J connectivity index is 3.12. The van der Waals surface area contributed by atoms with Crippen molar-refractivity contribution >= 4 is 0 Å². The minimum Gasteiger partial charge on any atom is -0.496 e. The molecule has 0 heterocycles. The van der Waals surface area contributed by atoms with Gasteiger partial charge in [0.05, 0.1) is 7.11 Å². The monoisotopic (exact) mass is 277 g/mol. The van der Waals surface area contributed by atoms with Crippen LogP contribution in [0.1, 0.15) is 63.6 Å². The predicted molar refractivity (Wildman–Crippen MR) is 87.5 cm³/mol. The van der Waals surface area contributed by atoms with Crippen LogP contribution < -0.4 is 10.1 Å². The van der Waals surface area contributed by atoms with Crippen LogP contribution in [-0.4, -0.2) is 13.7 Å². The molecule has 1 atom stereocenters. The molecule has 0 aromatic heterocycles. The molecular formula is C18H31NO. The molecule has 1 rings (SSSR count). The van der Waals surface area contributed by atoms with Crippen molar-refractivity contribution in [3.8, 4) is 5.75 Å². The van der Waals surface area contributed by atoms with Gasteiger partial charge in [0.15, 0.2) is 0 Å². The van der Waals surface area contributed by atoms with Gasteiger partial charge in [0.1, 0.15) is 5.75 Å². The zero-order valence-electron chi connectivity index (χ0n) is 13.8. The summed E-state index contributed by atoms with van der Waals surface area (Å²) in [5, 5.41) is 3.69. The summed E-state index contributed by atoms with van der Waals surface area (Å²) in [6.45, 7) is 9.88. The van der Waals surface area contributed by atoms with Crippen LogP contribution in [0.3, 0.4) is 0 Å². The average molecular weight is 277 g/mol. The Labute approximate surface area is 124 Å².